The summed E-state index contributed by atoms with van der Waals surface area (Å²) in [6.07, 6.45) is 0. The Bertz CT molecular complexity index is 78.6. The molecule has 0 spiro atoms. The van der Waals surface area contributed by atoms with Gasteiger partial charge in [0.05, 0.1) is 0 Å². The minimum atomic E-state index is -4.08. The molecule has 0 aromatic carbocycles. The zero-order valence-electron chi connectivity index (χ0n) is 6.16. The molecule has 0 aliphatic heterocycles. The Morgan fingerprint density at radius 3 is 0.818 bits per heavy atom. The van der Waals surface area contributed by atoms with Crippen LogP contribution in [0.25, 0.3) is 0 Å². The van der Waals surface area contributed by atoms with Gasteiger partial charge in [-0.1, -0.05) is 0 Å². The van der Waals surface area contributed by atoms with Gasteiger partial charge in [0.2, 0.25) is 0 Å². The second-order valence-corrected chi connectivity index (χ2v) is 2.06. The van der Waals surface area contributed by atoms with Crippen LogP contribution in [0.2, 0.25) is 0 Å². The zero-order valence-corrected chi connectivity index (χ0v) is 13.8. The molecule has 0 amide bonds. The quantitative estimate of drug-likeness (QED) is 0.399. The van der Waals surface area contributed by atoms with E-state index in [0.29, 0.717) is 0 Å². The Balaban J connectivity index is -0.0000000171. The summed E-state index contributed by atoms with van der Waals surface area (Å²) in [7, 11) is 0. The molecule has 0 saturated heterocycles. The zero-order chi connectivity index (χ0) is 7.15. The predicted molar refractivity (Wildman–Crippen MR) is 7.13 cm³/mol. The third-order valence-electron chi connectivity index (χ3n) is 0. The summed E-state index contributed by atoms with van der Waals surface area (Å²) < 4.78 is 51.5. The maximum atomic E-state index is 8.58. The van der Waals surface area contributed by atoms with Crippen molar-refractivity contribution in [2.45, 2.75) is 0 Å². The van der Waals surface area contributed by atoms with Gasteiger partial charge in [0.1, 0.15) is 0 Å². The van der Waals surface area contributed by atoms with Crippen molar-refractivity contribution in [3.05, 3.63) is 0 Å². The van der Waals surface area contributed by atoms with Crippen LogP contribution in [0.5, 0.6) is 0 Å². The van der Waals surface area contributed by atoms with Crippen molar-refractivity contribution in [2.75, 3.05) is 0 Å². The Morgan fingerprint density at radius 1 is 0.818 bits per heavy atom. The van der Waals surface area contributed by atoms with Crippen molar-refractivity contribution in [2.24, 2.45) is 0 Å². The molecule has 0 rings (SSSR count). The third kappa shape index (κ3) is 131. The summed E-state index contributed by atoms with van der Waals surface area (Å²) in [6.45, 7) is 0. The number of hydrogen-bond donors (Lipinski definition) is 0. The molecule has 0 saturated carbocycles. The van der Waals surface area contributed by atoms with Crippen molar-refractivity contribution in [3.63, 3.8) is 0 Å². The minimum absolute atomic E-state index is 0. The van der Waals surface area contributed by atoms with E-state index in [1.807, 2.05) is 0 Å². The van der Waals surface area contributed by atoms with Crippen LogP contribution in [0.3, 0.4) is 0 Å². The molecule has 0 aliphatic carbocycles. The Labute approximate surface area is 148 Å². The Hall–Kier alpha value is 3.87. The van der Waals surface area contributed by atoms with E-state index in [9.17, 15) is 0 Å². The van der Waals surface area contributed by atoms with Gasteiger partial charge < -0.3 is 0 Å². The van der Waals surface area contributed by atoms with Crippen LogP contribution in [0.15, 0.2) is 0 Å². The average molecular weight is 262 g/mol. The van der Waals surface area contributed by atoms with Crippen molar-refractivity contribution in [3.8, 4) is 0 Å². The monoisotopic (exact) mass is 262 g/mol. The molecule has 0 aromatic heterocycles. The average Bonchev–Trinajstić information content (AvgIpc) is 1.25. The molecular weight excluding hydrogens is 262 g/mol. The van der Waals surface area contributed by atoms with Gasteiger partial charge in [-0.25, -0.2) is 0 Å². The van der Waals surface area contributed by atoms with Gasteiger partial charge in [-0.2, -0.15) is 0 Å². The molecule has 0 radical (unpaired) electrons. The van der Waals surface area contributed by atoms with Crippen LogP contribution in [0.1, 0.15) is 0 Å². The molecule has 0 fully saturated rings. The van der Waals surface area contributed by atoms with Crippen LogP contribution >= 0.6 is 0 Å². The molecular formula is KLiMgO6Ti2. The summed E-state index contributed by atoms with van der Waals surface area (Å²) in [5.74, 6) is 0. The van der Waals surface area contributed by atoms with E-state index in [0.717, 1.165) is 0 Å². The first kappa shape index (κ1) is 29.4. The number of rotatable bonds is 0. The standard InChI is InChI=1S/K.Li.Mg.6O.2Ti/q2*+1;+2;;;4*-1;;. The maximum absolute atomic E-state index is 8.58. The molecule has 6 nitrogen and oxygen atoms in total. The fourth-order valence-corrected chi connectivity index (χ4v) is 0. The van der Waals surface area contributed by atoms with Gasteiger partial charge in [0.25, 0.3) is 0 Å². The molecule has 0 aromatic rings. The van der Waals surface area contributed by atoms with Crippen LogP contribution in [-0.2, 0) is 43.9 Å². The molecule has 0 heterocycles. The van der Waals surface area contributed by atoms with Gasteiger partial charge in [-0.05, 0) is 0 Å². The van der Waals surface area contributed by atoms with E-state index < -0.39 is 37.2 Å². The van der Waals surface area contributed by atoms with E-state index in [4.69, 9.17) is 21.4 Å². The van der Waals surface area contributed by atoms with Crippen molar-refractivity contribution in [1.82, 2.24) is 0 Å². The summed E-state index contributed by atoms with van der Waals surface area (Å²) in [4.78, 5) is 0. The molecule has 11 heteroatoms. The van der Waals surface area contributed by atoms with Crippen LogP contribution < -0.4 is 85.0 Å². The first-order valence-corrected chi connectivity index (χ1v) is 5.05. The normalized spacial score (nSPS) is 4.73. The predicted octanol–water partition coefficient (Wildman–Crippen LogP) is -11.4. The number of hydrogen-bond acceptors (Lipinski definition) is 6. The van der Waals surface area contributed by atoms with Gasteiger partial charge in [0, 0.05) is 0 Å². The second-order valence-electron chi connectivity index (χ2n) is 0.500. The van der Waals surface area contributed by atoms with Crippen LogP contribution in [0, 0.1) is 0 Å². The third-order valence-corrected chi connectivity index (χ3v) is 0. The summed E-state index contributed by atoms with van der Waals surface area (Å²) in [5, 5.41) is 0. The fraction of sp³-hybridized carbons (Fsp3) is 0. The topological polar surface area (TPSA) is 126 Å². The van der Waals surface area contributed by atoms with E-state index in [1.165, 1.54) is 0 Å². The van der Waals surface area contributed by atoms with Crippen molar-refractivity contribution >= 4 is 23.1 Å². The molecule has 0 aliphatic rings. The van der Waals surface area contributed by atoms with E-state index in [2.05, 4.69) is 0 Å². The first-order valence-electron chi connectivity index (χ1n) is 1.22. The molecule has 0 bridgehead atoms. The molecule has 0 atom stereocenters. The first-order chi connectivity index (χ1) is 3.46. The Kier molecular flexibility index (Phi) is 63.0. The molecule has 0 unspecified atom stereocenters. The fourth-order valence-electron chi connectivity index (χ4n) is 0. The van der Waals surface area contributed by atoms with E-state index in [1.54, 1.807) is 0 Å². The van der Waals surface area contributed by atoms with Gasteiger partial charge >= 0.3 is 152 Å². The molecule has 48 valence electrons. The van der Waals surface area contributed by atoms with Crippen molar-refractivity contribution in [1.29, 1.82) is 0 Å². The van der Waals surface area contributed by atoms with Crippen LogP contribution in [-0.4, -0.2) is 23.1 Å². The Morgan fingerprint density at radius 2 is 0.818 bits per heavy atom. The summed E-state index contributed by atoms with van der Waals surface area (Å²) in [6, 6.07) is 0. The summed E-state index contributed by atoms with van der Waals surface area (Å²) in [5.41, 5.74) is 0. The molecule has 11 heavy (non-hydrogen) atoms. The van der Waals surface area contributed by atoms with Gasteiger partial charge in [-0.3, -0.25) is 0 Å². The molecule has 0 N–H and O–H groups in total. The van der Waals surface area contributed by atoms with Gasteiger partial charge in [-0.15, -0.1) is 0 Å². The van der Waals surface area contributed by atoms with Crippen molar-refractivity contribution < 1.29 is 129 Å². The SMILES string of the molecule is [K+].[Li+].[Mg+2].[O]=[Ti]([O-])[O-].[O]=[Ti]([O-])[O-]. The summed E-state index contributed by atoms with van der Waals surface area (Å²) >= 11 is -8.17. The van der Waals surface area contributed by atoms with E-state index in [-0.39, 0.29) is 93.3 Å². The van der Waals surface area contributed by atoms with E-state index >= 15 is 0 Å². The van der Waals surface area contributed by atoms with Crippen LogP contribution in [0.4, 0.5) is 0 Å². The second kappa shape index (κ2) is 23.6. The van der Waals surface area contributed by atoms with Gasteiger partial charge in [0.15, 0.2) is 0 Å².